The molecule has 0 fully saturated rings. The molecule has 6 nitrogen and oxygen atoms in total. The largest absolute Gasteiger partial charge is 0.399 e. The SMILES string of the molecule is CN1C(=O)c2ccc(C(=O)N(c3ccccc3)c3ccc(N)cc3)cc2C1=O. The molecule has 2 N–H and O–H groups in total. The van der Waals surface area contributed by atoms with E-state index >= 15 is 0 Å². The van der Waals surface area contributed by atoms with Crippen LogP contribution in [0.2, 0.25) is 0 Å². The Labute approximate surface area is 161 Å². The second-order valence-corrected chi connectivity index (χ2v) is 6.50. The fraction of sp³-hybridized carbons (Fsp3) is 0.0455. The van der Waals surface area contributed by atoms with Gasteiger partial charge in [-0.15, -0.1) is 0 Å². The lowest BCUT2D eigenvalue weighted by molar-refractivity contribution is 0.0693. The number of fused-ring (bicyclic) bond motifs is 1. The minimum absolute atomic E-state index is 0.240. The third-order valence-corrected chi connectivity index (χ3v) is 4.71. The second-order valence-electron chi connectivity index (χ2n) is 6.50. The maximum atomic E-state index is 13.4. The number of rotatable bonds is 3. The average Bonchev–Trinajstić information content (AvgIpc) is 2.94. The van der Waals surface area contributed by atoms with Crippen molar-refractivity contribution in [2.75, 3.05) is 17.7 Å². The summed E-state index contributed by atoms with van der Waals surface area (Å²) in [4.78, 5) is 40.4. The molecule has 0 aromatic heterocycles. The summed E-state index contributed by atoms with van der Waals surface area (Å²) >= 11 is 0. The molecule has 0 atom stereocenters. The molecule has 0 aliphatic carbocycles. The van der Waals surface area contributed by atoms with E-state index < -0.39 is 5.91 Å². The molecular weight excluding hydrogens is 354 g/mol. The van der Waals surface area contributed by atoms with Gasteiger partial charge in [-0.1, -0.05) is 18.2 Å². The molecular formula is C22H17N3O3. The molecule has 3 aromatic rings. The highest BCUT2D eigenvalue weighted by molar-refractivity contribution is 6.22. The summed E-state index contributed by atoms with van der Waals surface area (Å²) in [6, 6.07) is 20.7. The van der Waals surface area contributed by atoms with Crippen molar-refractivity contribution >= 4 is 34.8 Å². The Morgan fingerprint density at radius 1 is 0.821 bits per heavy atom. The van der Waals surface area contributed by atoms with Crippen LogP contribution in [0.25, 0.3) is 0 Å². The van der Waals surface area contributed by atoms with Crippen molar-refractivity contribution in [3.63, 3.8) is 0 Å². The molecule has 138 valence electrons. The number of anilines is 3. The summed E-state index contributed by atoms with van der Waals surface area (Å²) in [6.45, 7) is 0. The number of para-hydroxylation sites is 1. The van der Waals surface area contributed by atoms with E-state index in [1.165, 1.54) is 19.2 Å². The molecule has 0 saturated heterocycles. The fourth-order valence-electron chi connectivity index (χ4n) is 3.21. The van der Waals surface area contributed by atoms with E-state index in [9.17, 15) is 14.4 Å². The van der Waals surface area contributed by atoms with Crippen LogP contribution in [0, 0.1) is 0 Å². The van der Waals surface area contributed by atoms with Crippen LogP contribution in [0.5, 0.6) is 0 Å². The van der Waals surface area contributed by atoms with E-state index in [0.717, 1.165) is 4.90 Å². The van der Waals surface area contributed by atoms with Crippen LogP contribution in [-0.2, 0) is 0 Å². The number of nitrogens with zero attached hydrogens (tertiary/aromatic N) is 2. The van der Waals surface area contributed by atoms with Crippen molar-refractivity contribution in [3.8, 4) is 0 Å². The van der Waals surface area contributed by atoms with Gasteiger partial charge in [0.15, 0.2) is 0 Å². The number of carbonyl (C=O) groups excluding carboxylic acids is 3. The molecule has 28 heavy (non-hydrogen) atoms. The molecule has 0 spiro atoms. The first kappa shape index (κ1) is 17.5. The number of benzene rings is 3. The van der Waals surface area contributed by atoms with Crippen LogP contribution in [-0.4, -0.2) is 29.7 Å². The number of hydrogen-bond donors (Lipinski definition) is 1. The van der Waals surface area contributed by atoms with Gasteiger partial charge in [0.25, 0.3) is 17.7 Å². The highest BCUT2D eigenvalue weighted by Gasteiger charge is 2.33. The molecule has 4 rings (SSSR count). The van der Waals surface area contributed by atoms with Gasteiger partial charge < -0.3 is 5.73 Å². The Bertz CT molecular complexity index is 1090. The molecule has 1 heterocycles. The summed E-state index contributed by atoms with van der Waals surface area (Å²) in [5, 5.41) is 0. The lowest BCUT2D eigenvalue weighted by atomic mass is 10.0. The second kappa shape index (κ2) is 6.66. The zero-order valence-electron chi connectivity index (χ0n) is 15.1. The van der Waals surface area contributed by atoms with E-state index in [-0.39, 0.29) is 17.4 Å². The van der Waals surface area contributed by atoms with Gasteiger partial charge in [0.2, 0.25) is 0 Å². The predicted molar refractivity (Wildman–Crippen MR) is 107 cm³/mol. The smallest absolute Gasteiger partial charge is 0.262 e. The highest BCUT2D eigenvalue weighted by atomic mass is 16.2. The molecule has 0 radical (unpaired) electrons. The average molecular weight is 371 g/mol. The van der Waals surface area contributed by atoms with Crippen molar-refractivity contribution in [3.05, 3.63) is 89.5 Å². The molecule has 0 bridgehead atoms. The van der Waals surface area contributed by atoms with Gasteiger partial charge in [-0.25, -0.2) is 0 Å². The third kappa shape index (κ3) is 2.81. The van der Waals surface area contributed by atoms with Crippen LogP contribution in [0.15, 0.2) is 72.8 Å². The predicted octanol–water partition coefficient (Wildman–Crippen LogP) is 3.47. The Kier molecular flexibility index (Phi) is 4.16. The van der Waals surface area contributed by atoms with Crippen LogP contribution in [0.3, 0.4) is 0 Å². The van der Waals surface area contributed by atoms with Gasteiger partial charge in [-0.2, -0.15) is 0 Å². The molecule has 0 saturated carbocycles. The van der Waals surface area contributed by atoms with E-state index in [1.807, 2.05) is 30.3 Å². The van der Waals surface area contributed by atoms with Gasteiger partial charge in [0.05, 0.1) is 11.1 Å². The summed E-state index contributed by atoms with van der Waals surface area (Å²) in [7, 11) is 1.43. The highest BCUT2D eigenvalue weighted by Crippen LogP contribution is 2.30. The van der Waals surface area contributed by atoms with E-state index in [1.54, 1.807) is 35.2 Å². The minimum Gasteiger partial charge on any atom is -0.399 e. The zero-order valence-corrected chi connectivity index (χ0v) is 15.1. The van der Waals surface area contributed by atoms with Gasteiger partial charge in [-0.05, 0) is 54.6 Å². The van der Waals surface area contributed by atoms with Crippen molar-refractivity contribution < 1.29 is 14.4 Å². The summed E-state index contributed by atoms with van der Waals surface area (Å²) < 4.78 is 0. The number of imide groups is 1. The number of nitrogen functional groups attached to an aromatic ring is 1. The van der Waals surface area contributed by atoms with Crippen LogP contribution in [0.4, 0.5) is 17.1 Å². The van der Waals surface area contributed by atoms with E-state index in [0.29, 0.717) is 28.2 Å². The van der Waals surface area contributed by atoms with Gasteiger partial charge in [0, 0.05) is 29.7 Å². The standard InChI is InChI=1S/C22H17N3O3/c1-24-21(27)18-12-7-14(13-19(18)22(24)28)20(26)25(16-5-3-2-4-6-16)17-10-8-15(23)9-11-17/h2-13H,23H2,1H3. The molecule has 3 aromatic carbocycles. The Balaban J connectivity index is 1.80. The summed E-state index contributed by atoms with van der Waals surface area (Å²) in [5.74, 6) is -1.08. The first-order valence-corrected chi connectivity index (χ1v) is 8.69. The van der Waals surface area contributed by atoms with Crippen molar-refractivity contribution in [2.24, 2.45) is 0 Å². The number of hydrogen-bond acceptors (Lipinski definition) is 4. The first-order valence-electron chi connectivity index (χ1n) is 8.69. The van der Waals surface area contributed by atoms with Gasteiger partial charge in [0.1, 0.15) is 0 Å². The van der Waals surface area contributed by atoms with E-state index in [4.69, 9.17) is 5.73 Å². The molecule has 1 aliphatic rings. The summed E-state index contributed by atoms with van der Waals surface area (Å²) in [5.41, 5.74) is 8.55. The van der Waals surface area contributed by atoms with E-state index in [2.05, 4.69) is 0 Å². The fourth-order valence-corrected chi connectivity index (χ4v) is 3.21. The lowest BCUT2D eigenvalue weighted by Gasteiger charge is -2.23. The topological polar surface area (TPSA) is 83.7 Å². The number of carbonyl (C=O) groups is 3. The monoisotopic (exact) mass is 371 g/mol. The molecule has 1 aliphatic heterocycles. The number of amides is 3. The first-order chi connectivity index (χ1) is 13.5. The Morgan fingerprint density at radius 2 is 1.43 bits per heavy atom. The van der Waals surface area contributed by atoms with Crippen LogP contribution < -0.4 is 10.6 Å². The van der Waals surface area contributed by atoms with Gasteiger partial charge in [-0.3, -0.25) is 24.2 Å². The third-order valence-electron chi connectivity index (χ3n) is 4.71. The van der Waals surface area contributed by atoms with Crippen molar-refractivity contribution in [1.82, 2.24) is 4.90 Å². The van der Waals surface area contributed by atoms with Crippen molar-refractivity contribution in [2.45, 2.75) is 0 Å². The quantitative estimate of drug-likeness (QED) is 0.564. The minimum atomic E-state index is -0.409. The Hall–Kier alpha value is -3.93. The molecule has 6 heteroatoms. The van der Waals surface area contributed by atoms with Crippen LogP contribution >= 0.6 is 0 Å². The lowest BCUT2D eigenvalue weighted by Crippen LogP contribution is -2.26. The Morgan fingerprint density at radius 3 is 2.11 bits per heavy atom. The maximum Gasteiger partial charge on any atom is 0.262 e. The van der Waals surface area contributed by atoms with Crippen LogP contribution in [0.1, 0.15) is 31.1 Å². The van der Waals surface area contributed by atoms with Gasteiger partial charge >= 0.3 is 0 Å². The number of nitrogens with two attached hydrogens (primary N) is 1. The normalized spacial score (nSPS) is 12.8. The molecule has 0 unspecified atom stereocenters. The zero-order chi connectivity index (χ0) is 19.8. The van der Waals surface area contributed by atoms with Crippen molar-refractivity contribution in [1.29, 1.82) is 0 Å². The summed E-state index contributed by atoms with van der Waals surface area (Å²) in [6.07, 6.45) is 0. The maximum absolute atomic E-state index is 13.4. The molecule has 3 amide bonds.